The van der Waals surface area contributed by atoms with Crippen LogP contribution in [-0.2, 0) is 19.6 Å². The number of allylic oxidation sites excluding steroid dienone is 1. The predicted molar refractivity (Wildman–Crippen MR) is 127 cm³/mol. The van der Waals surface area contributed by atoms with Crippen molar-refractivity contribution in [2.45, 2.75) is 13.8 Å². The minimum atomic E-state index is -3.53. The number of fused-ring (bicyclic) bond motifs is 1. The average Bonchev–Trinajstić information content (AvgIpc) is 2.73. The van der Waals surface area contributed by atoms with Crippen molar-refractivity contribution in [3.05, 3.63) is 77.9 Å². The van der Waals surface area contributed by atoms with Crippen LogP contribution in [0.1, 0.15) is 29.8 Å². The molecule has 0 saturated carbocycles. The van der Waals surface area contributed by atoms with Crippen molar-refractivity contribution < 1.29 is 22.7 Å². The molecular formula is C24H24N2O5S. The van der Waals surface area contributed by atoms with Crippen molar-refractivity contribution in [2.24, 2.45) is 0 Å². The molecule has 3 aromatic rings. The minimum Gasteiger partial charge on any atom is -0.462 e. The number of rotatable bonds is 7. The number of nitrogens with one attached hydrogen (secondary N) is 2. The summed E-state index contributed by atoms with van der Waals surface area (Å²) in [6.07, 6.45) is 2.45. The van der Waals surface area contributed by atoms with Gasteiger partial charge in [0.25, 0.3) is 0 Å². The molecule has 0 radical (unpaired) electrons. The molecule has 0 bridgehead atoms. The number of ether oxygens (including phenoxy) is 1. The number of amides is 1. The highest BCUT2D eigenvalue weighted by molar-refractivity contribution is 7.92. The molecule has 0 saturated heterocycles. The highest BCUT2D eigenvalue weighted by Gasteiger charge is 2.16. The monoisotopic (exact) mass is 452 g/mol. The molecule has 2 N–H and O–H groups in total. The molecule has 8 heteroatoms. The lowest BCUT2D eigenvalue weighted by Crippen LogP contribution is -2.16. The van der Waals surface area contributed by atoms with Crippen molar-refractivity contribution in [1.82, 2.24) is 0 Å². The van der Waals surface area contributed by atoms with Crippen molar-refractivity contribution >= 4 is 49.6 Å². The summed E-state index contributed by atoms with van der Waals surface area (Å²) in [5.41, 5.74) is 2.11. The largest absolute Gasteiger partial charge is 0.462 e. The van der Waals surface area contributed by atoms with E-state index in [1.54, 1.807) is 6.92 Å². The lowest BCUT2D eigenvalue weighted by molar-refractivity contribution is -0.111. The first-order valence-electron chi connectivity index (χ1n) is 9.93. The topological polar surface area (TPSA) is 102 Å². The van der Waals surface area contributed by atoms with Crippen LogP contribution in [-0.4, -0.2) is 33.2 Å². The van der Waals surface area contributed by atoms with Crippen LogP contribution in [0.5, 0.6) is 0 Å². The van der Waals surface area contributed by atoms with E-state index in [0.29, 0.717) is 0 Å². The molecule has 1 amide bonds. The molecule has 0 heterocycles. The number of carbonyl (C=O) groups excluding carboxylic acids is 2. The Balaban J connectivity index is 1.86. The molecule has 0 aliphatic heterocycles. The summed E-state index contributed by atoms with van der Waals surface area (Å²) in [7, 11) is -3.53. The van der Waals surface area contributed by atoms with Gasteiger partial charge in [-0.1, -0.05) is 36.4 Å². The smallest absolute Gasteiger partial charge is 0.340 e. The van der Waals surface area contributed by atoms with Gasteiger partial charge in [-0.2, -0.15) is 0 Å². The van der Waals surface area contributed by atoms with Gasteiger partial charge in [0, 0.05) is 11.8 Å². The summed E-state index contributed by atoms with van der Waals surface area (Å²) in [6, 6.07) is 18.1. The first-order valence-corrected chi connectivity index (χ1v) is 11.8. The lowest BCUT2D eigenvalue weighted by atomic mass is 10.0. The zero-order valence-corrected chi connectivity index (χ0v) is 18.8. The molecule has 0 aromatic heterocycles. The van der Waals surface area contributed by atoms with Crippen LogP contribution in [0.25, 0.3) is 16.3 Å². The number of anilines is 2. The quantitative estimate of drug-likeness (QED) is 0.408. The maximum absolute atomic E-state index is 12.7. The number of hydrogen-bond acceptors (Lipinski definition) is 5. The molecule has 0 spiro atoms. The molecule has 32 heavy (non-hydrogen) atoms. The van der Waals surface area contributed by atoms with Gasteiger partial charge in [-0.3, -0.25) is 9.52 Å². The highest BCUT2D eigenvalue weighted by Crippen LogP contribution is 2.24. The zero-order chi connectivity index (χ0) is 23.3. The zero-order valence-electron chi connectivity index (χ0n) is 18.0. The fraction of sp³-hybridized carbons (Fsp3) is 0.167. The van der Waals surface area contributed by atoms with E-state index in [-0.39, 0.29) is 23.5 Å². The third-order valence-electron chi connectivity index (χ3n) is 4.63. The second-order valence-electron chi connectivity index (χ2n) is 7.23. The van der Waals surface area contributed by atoms with E-state index < -0.39 is 21.9 Å². The van der Waals surface area contributed by atoms with E-state index in [1.165, 1.54) is 24.3 Å². The number of sulfonamides is 1. The van der Waals surface area contributed by atoms with Gasteiger partial charge in [-0.05, 0) is 60.0 Å². The third-order valence-corrected chi connectivity index (χ3v) is 5.23. The standard InChI is InChI=1S/C24H24N2O5S/c1-4-31-24(28)21-15-20(26-32(3,29)30)11-12-22(21)25-23(27)13-16(2)18-10-9-17-7-5-6-8-19(17)14-18/h5-15,26H,4H2,1-3H3,(H,25,27)/b16-13-. The minimum absolute atomic E-state index is 0.0469. The van der Waals surface area contributed by atoms with Gasteiger partial charge in [-0.25, -0.2) is 13.2 Å². The highest BCUT2D eigenvalue weighted by atomic mass is 32.2. The molecule has 0 unspecified atom stereocenters. The van der Waals surface area contributed by atoms with E-state index in [9.17, 15) is 18.0 Å². The van der Waals surface area contributed by atoms with E-state index in [0.717, 1.165) is 28.2 Å². The first-order chi connectivity index (χ1) is 15.2. The maximum Gasteiger partial charge on any atom is 0.340 e. The Kier molecular flexibility index (Phi) is 6.95. The van der Waals surface area contributed by atoms with Gasteiger partial charge < -0.3 is 10.1 Å². The van der Waals surface area contributed by atoms with Crippen LogP contribution >= 0.6 is 0 Å². The van der Waals surface area contributed by atoms with Crippen LogP contribution in [0.3, 0.4) is 0 Å². The van der Waals surface area contributed by atoms with Gasteiger partial charge >= 0.3 is 5.97 Å². The normalized spacial score (nSPS) is 11.8. The Hall–Kier alpha value is -3.65. The summed E-state index contributed by atoms with van der Waals surface area (Å²) in [5.74, 6) is -1.10. The van der Waals surface area contributed by atoms with Crippen LogP contribution in [0.15, 0.2) is 66.7 Å². The van der Waals surface area contributed by atoms with Crippen molar-refractivity contribution in [3.8, 4) is 0 Å². The van der Waals surface area contributed by atoms with E-state index >= 15 is 0 Å². The second-order valence-corrected chi connectivity index (χ2v) is 8.98. The Morgan fingerprint density at radius 1 is 1.00 bits per heavy atom. The molecular weight excluding hydrogens is 428 g/mol. The van der Waals surface area contributed by atoms with E-state index in [2.05, 4.69) is 10.0 Å². The third kappa shape index (κ3) is 5.95. The molecule has 0 atom stereocenters. The number of benzene rings is 3. The Morgan fingerprint density at radius 2 is 1.72 bits per heavy atom. The van der Waals surface area contributed by atoms with Crippen LogP contribution in [0.4, 0.5) is 11.4 Å². The predicted octanol–water partition coefficient (Wildman–Crippen LogP) is 4.43. The fourth-order valence-corrected chi connectivity index (χ4v) is 3.75. The summed E-state index contributed by atoms with van der Waals surface area (Å²) in [6.45, 7) is 3.62. The van der Waals surface area contributed by atoms with Gasteiger partial charge in [0.05, 0.1) is 24.1 Å². The summed E-state index contributed by atoms with van der Waals surface area (Å²) < 4.78 is 30.4. The Morgan fingerprint density at radius 3 is 2.41 bits per heavy atom. The van der Waals surface area contributed by atoms with Gasteiger partial charge in [0.1, 0.15) is 0 Å². The molecule has 7 nitrogen and oxygen atoms in total. The van der Waals surface area contributed by atoms with Crippen molar-refractivity contribution in [2.75, 3.05) is 22.9 Å². The summed E-state index contributed by atoms with van der Waals surface area (Å²) in [4.78, 5) is 25.0. The van der Waals surface area contributed by atoms with Crippen LogP contribution < -0.4 is 10.0 Å². The van der Waals surface area contributed by atoms with Crippen molar-refractivity contribution in [1.29, 1.82) is 0 Å². The summed E-state index contributed by atoms with van der Waals surface area (Å²) >= 11 is 0. The van der Waals surface area contributed by atoms with E-state index in [4.69, 9.17) is 4.74 Å². The van der Waals surface area contributed by atoms with Gasteiger partial charge in [0.2, 0.25) is 15.9 Å². The second kappa shape index (κ2) is 9.65. The van der Waals surface area contributed by atoms with Crippen LogP contribution in [0, 0.1) is 0 Å². The average molecular weight is 453 g/mol. The molecule has 0 aliphatic rings. The maximum atomic E-state index is 12.7. The molecule has 3 aromatic carbocycles. The Labute approximate surface area is 187 Å². The molecule has 0 fully saturated rings. The molecule has 3 rings (SSSR count). The SMILES string of the molecule is CCOC(=O)c1cc(NS(C)(=O)=O)ccc1NC(=O)/C=C(/C)c1ccc2ccccc2c1. The molecule has 166 valence electrons. The number of carbonyl (C=O) groups is 2. The Bertz CT molecular complexity index is 1310. The fourth-order valence-electron chi connectivity index (χ4n) is 3.19. The molecule has 0 aliphatic carbocycles. The first kappa shape index (κ1) is 23.0. The van der Waals surface area contributed by atoms with Crippen molar-refractivity contribution in [3.63, 3.8) is 0 Å². The lowest BCUT2D eigenvalue weighted by Gasteiger charge is -2.12. The summed E-state index contributed by atoms with van der Waals surface area (Å²) in [5, 5.41) is 4.86. The van der Waals surface area contributed by atoms with E-state index in [1.807, 2.05) is 49.4 Å². The van der Waals surface area contributed by atoms with Crippen LogP contribution in [0.2, 0.25) is 0 Å². The van der Waals surface area contributed by atoms with Gasteiger partial charge in [0.15, 0.2) is 0 Å². The number of esters is 1. The number of hydrogen-bond donors (Lipinski definition) is 2. The van der Waals surface area contributed by atoms with Gasteiger partial charge in [-0.15, -0.1) is 0 Å².